The minimum absolute atomic E-state index is 0.151. The van der Waals surface area contributed by atoms with E-state index >= 15 is 0 Å². The molecule has 0 amide bonds. The molecule has 0 bridgehead atoms. The number of nitrogens with one attached hydrogen (secondary N) is 2. The second-order valence-electron chi connectivity index (χ2n) is 7.29. The van der Waals surface area contributed by atoms with Crippen LogP contribution in [0.5, 0.6) is 0 Å². The standard InChI is InChI=1S/C21H27N5O/c1-2-18(27)15-7-8-16-17(13-15)25-21-19(16)20(23-14-24-21)22-9-6-12-26-10-4-3-5-11-26/h7-8,13-14H,2-6,9-12H2,1H3,(H2,22,23,24,25). The van der Waals surface area contributed by atoms with E-state index in [1.165, 1.54) is 32.4 Å². The Morgan fingerprint density at radius 2 is 2.07 bits per heavy atom. The Labute approximate surface area is 159 Å². The Morgan fingerprint density at radius 1 is 1.22 bits per heavy atom. The number of H-pyrrole nitrogens is 1. The molecule has 0 saturated carbocycles. The molecule has 4 rings (SSSR count). The van der Waals surface area contributed by atoms with Crippen molar-refractivity contribution in [3.05, 3.63) is 30.1 Å². The van der Waals surface area contributed by atoms with Gasteiger partial charge >= 0.3 is 0 Å². The summed E-state index contributed by atoms with van der Waals surface area (Å²) in [6, 6.07) is 5.82. The normalized spacial score (nSPS) is 15.4. The number of aromatic amines is 1. The molecule has 27 heavy (non-hydrogen) atoms. The van der Waals surface area contributed by atoms with Gasteiger partial charge in [0.05, 0.1) is 5.39 Å². The number of aromatic nitrogens is 3. The molecule has 0 spiro atoms. The number of anilines is 1. The molecule has 1 aliphatic rings. The van der Waals surface area contributed by atoms with Crippen molar-refractivity contribution in [3.8, 4) is 0 Å². The van der Waals surface area contributed by atoms with Crippen LogP contribution in [0.4, 0.5) is 5.82 Å². The van der Waals surface area contributed by atoms with Gasteiger partial charge in [-0.3, -0.25) is 4.79 Å². The van der Waals surface area contributed by atoms with Crippen LogP contribution in [-0.4, -0.2) is 51.8 Å². The van der Waals surface area contributed by atoms with E-state index in [1.807, 2.05) is 25.1 Å². The average Bonchev–Trinajstić information content (AvgIpc) is 3.09. The molecule has 0 atom stereocenters. The van der Waals surface area contributed by atoms with Crippen LogP contribution in [0.15, 0.2) is 24.5 Å². The summed E-state index contributed by atoms with van der Waals surface area (Å²) in [5, 5.41) is 5.54. The quantitative estimate of drug-likeness (QED) is 0.489. The summed E-state index contributed by atoms with van der Waals surface area (Å²) in [7, 11) is 0. The van der Waals surface area contributed by atoms with Crippen molar-refractivity contribution in [2.75, 3.05) is 31.5 Å². The Morgan fingerprint density at radius 3 is 2.89 bits per heavy atom. The van der Waals surface area contributed by atoms with Crippen LogP contribution in [0.3, 0.4) is 0 Å². The maximum Gasteiger partial charge on any atom is 0.162 e. The van der Waals surface area contributed by atoms with Crippen molar-refractivity contribution < 1.29 is 4.79 Å². The van der Waals surface area contributed by atoms with Gasteiger partial charge in [0, 0.05) is 29.4 Å². The molecule has 0 aliphatic carbocycles. The zero-order valence-corrected chi connectivity index (χ0v) is 15.9. The number of nitrogens with zero attached hydrogens (tertiary/aromatic N) is 3. The van der Waals surface area contributed by atoms with Crippen molar-refractivity contribution in [1.82, 2.24) is 19.9 Å². The SMILES string of the molecule is CCC(=O)c1ccc2c(c1)[nH]c1ncnc(NCCCN3CCCCC3)c12. The fourth-order valence-electron chi connectivity index (χ4n) is 3.93. The topological polar surface area (TPSA) is 73.9 Å². The van der Waals surface area contributed by atoms with Gasteiger partial charge in [0.15, 0.2) is 5.78 Å². The maximum absolute atomic E-state index is 12.0. The van der Waals surface area contributed by atoms with E-state index in [9.17, 15) is 4.79 Å². The van der Waals surface area contributed by atoms with Gasteiger partial charge in [-0.2, -0.15) is 0 Å². The summed E-state index contributed by atoms with van der Waals surface area (Å²) >= 11 is 0. The molecular formula is C21H27N5O. The van der Waals surface area contributed by atoms with Crippen molar-refractivity contribution in [2.24, 2.45) is 0 Å². The van der Waals surface area contributed by atoms with Crippen molar-refractivity contribution in [1.29, 1.82) is 0 Å². The molecule has 6 nitrogen and oxygen atoms in total. The minimum Gasteiger partial charge on any atom is -0.369 e. The fraction of sp³-hybridized carbons (Fsp3) is 0.476. The van der Waals surface area contributed by atoms with Crippen LogP contribution < -0.4 is 5.32 Å². The summed E-state index contributed by atoms with van der Waals surface area (Å²) in [6.45, 7) is 6.38. The lowest BCUT2D eigenvalue weighted by molar-refractivity contribution is 0.0988. The van der Waals surface area contributed by atoms with Gasteiger partial charge in [-0.25, -0.2) is 9.97 Å². The van der Waals surface area contributed by atoms with Gasteiger partial charge in [0.1, 0.15) is 17.8 Å². The van der Waals surface area contributed by atoms with E-state index in [2.05, 4.69) is 25.2 Å². The molecule has 2 aromatic heterocycles. The number of hydrogen-bond acceptors (Lipinski definition) is 5. The van der Waals surface area contributed by atoms with E-state index in [1.54, 1.807) is 6.33 Å². The van der Waals surface area contributed by atoms with Gasteiger partial charge in [0.2, 0.25) is 0 Å². The second kappa shape index (κ2) is 8.05. The molecule has 1 saturated heterocycles. The lowest BCUT2D eigenvalue weighted by Gasteiger charge is -2.26. The van der Waals surface area contributed by atoms with E-state index < -0.39 is 0 Å². The monoisotopic (exact) mass is 365 g/mol. The summed E-state index contributed by atoms with van der Waals surface area (Å²) in [5.74, 6) is 1.01. The summed E-state index contributed by atoms with van der Waals surface area (Å²) in [6.07, 6.45) is 7.23. The zero-order chi connectivity index (χ0) is 18.6. The number of Topliss-reactive ketones (excluding diaryl/α,β-unsaturated/α-hetero) is 1. The highest BCUT2D eigenvalue weighted by Crippen LogP contribution is 2.29. The summed E-state index contributed by atoms with van der Waals surface area (Å²) in [5.41, 5.74) is 2.47. The van der Waals surface area contributed by atoms with Crippen LogP contribution in [0.2, 0.25) is 0 Å². The lowest BCUT2D eigenvalue weighted by atomic mass is 10.1. The Balaban J connectivity index is 1.51. The molecule has 142 valence electrons. The highest BCUT2D eigenvalue weighted by molar-refractivity contribution is 6.12. The highest BCUT2D eigenvalue weighted by atomic mass is 16.1. The van der Waals surface area contributed by atoms with Crippen molar-refractivity contribution >= 4 is 33.5 Å². The largest absolute Gasteiger partial charge is 0.369 e. The minimum atomic E-state index is 0.151. The number of carbonyl (C=O) groups is 1. The molecule has 3 heterocycles. The number of carbonyl (C=O) groups excluding carboxylic acids is 1. The molecule has 6 heteroatoms. The first-order chi connectivity index (χ1) is 13.3. The number of piperidine rings is 1. The summed E-state index contributed by atoms with van der Waals surface area (Å²) in [4.78, 5) is 26.7. The first-order valence-corrected chi connectivity index (χ1v) is 10.0. The molecule has 1 aromatic carbocycles. The van der Waals surface area contributed by atoms with Crippen molar-refractivity contribution in [3.63, 3.8) is 0 Å². The Kier molecular flexibility index (Phi) is 5.34. The number of benzene rings is 1. The lowest BCUT2D eigenvalue weighted by Crippen LogP contribution is -2.31. The maximum atomic E-state index is 12.0. The van der Waals surface area contributed by atoms with E-state index in [4.69, 9.17) is 0 Å². The predicted molar refractivity (Wildman–Crippen MR) is 109 cm³/mol. The van der Waals surface area contributed by atoms with Crippen molar-refractivity contribution in [2.45, 2.75) is 39.0 Å². The number of hydrogen-bond donors (Lipinski definition) is 2. The van der Waals surface area contributed by atoms with Crippen LogP contribution in [0.1, 0.15) is 49.4 Å². The van der Waals surface area contributed by atoms with Gasteiger partial charge in [-0.1, -0.05) is 25.5 Å². The average molecular weight is 365 g/mol. The third kappa shape index (κ3) is 3.81. The van der Waals surface area contributed by atoms with Crippen LogP contribution >= 0.6 is 0 Å². The molecular weight excluding hydrogens is 338 g/mol. The zero-order valence-electron chi connectivity index (χ0n) is 15.9. The van der Waals surface area contributed by atoms with E-state index in [0.29, 0.717) is 6.42 Å². The first kappa shape index (κ1) is 17.9. The van der Waals surface area contributed by atoms with E-state index in [-0.39, 0.29) is 5.78 Å². The highest BCUT2D eigenvalue weighted by Gasteiger charge is 2.13. The third-order valence-electron chi connectivity index (χ3n) is 5.42. The molecule has 0 radical (unpaired) electrons. The third-order valence-corrected chi connectivity index (χ3v) is 5.42. The van der Waals surface area contributed by atoms with Crippen LogP contribution in [0, 0.1) is 0 Å². The molecule has 1 fully saturated rings. The fourth-order valence-corrected chi connectivity index (χ4v) is 3.93. The second-order valence-corrected chi connectivity index (χ2v) is 7.29. The number of ketones is 1. The Hall–Kier alpha value is -2.47. The predicted octanol–water partition coefficient (Wildman–Crippen LogP) is 3.99. The van der Waals surface area contributed by atoms with Gasteiger partial charge in [-0.15, -0.1) is 0 Å². The molecule has 3 aromatic rings. The molecule has 2 N–H and O–H groups in total. The smallest absolute Gasteiger partial charge is 0.162 e. The van der Waals surface area contributed by atoms with Crippen LogP contribution in [-0.2, 0) is 0 Å². The number of rotatable bonds is 7. The first-order valence-electron chi connectivity index (χ1n) is 10.0. The van der Waals surface area contributed by atoms with Gasteiger partial charge in [0.25, 0.3) is 0 Å². The summed E-state index contributed by atoms with van der Waals surface area (Å²) < 4.78 is 0. The van der Waals surface area contributed by atoms with E-state index in [0.717, 1.165) is 52.8 Å². The number of fused-ring (bicyclic) bond motifs is 3. The van der Waals surface area contributed by atoms with Gasteiger partial charge < -0.3 is 15.2 Å². The molecule has 1 aliphatic heterocycles. The van der Waals surface area contributed by atoms with Crippen LogP contribution in [0.25, 0.3) is 21.9 Å². The number of likely N-dealkylation sites (tertiary alicyclic amines) is 1. The van der Waals surface area contributed by atoms with Gasteiger partial charge in [-0.05, 0) is 45.0 Å². The molecule has 0 unspecified atom stereocenters. The Bertz CT molecular complexity index is 942.